The Bertz CT molecular complexity index is 3510. The summed E-state index contributed by atoms with van der Waals surface area (Å²) in [4.78, 5) is 2.41. The van der Waals surface area contributed by atoms with Gasteiger partial charge in [0.05, 0.1) is 16.7 Å². The molecule has 0 saturated carbocycles. The van der Waals surface area contributed by atoms with E-state index in [-0.39, 0.29) is 0 Å². The number of furan rings is 1. The Balaban J connectivity index is 1.00. The fourth-order valence-corrected chi connectivity index (χ4v) is 9.73. The number of anilines is 3. The molecule has 3 heteroatoms. The van der Waals surface area contributed by atoms with Crippen molar-refractivity contribution in [2.75, 3.05) is 4.90 Å². The Morgan fingerprint density at radius 3 is 1.75 bits per heavy atom. The van der Waals surface area contributed by atoms with Gasteiger partial charge < -0.3 is 13.9 Å². The largest absolute Gasteiger partial charge is 0.455 e. The lowest BCUT2D eigenvalue weighted by Crippen LogP contribution is -2.11. The molecule has 0 N–H and O–H groups in total. The monoisotopic (exact) mass is 806 g/mol. The van der Waals surface area contributed by atoms with Crippen molar-refractivity contribution in [3.05, 3.63) is 236 Å². The third-order valence-corrected chi connectivity index (χ3v) is 12.6. The quantitative estimate of drug-likeness (QED) is 0.153. The summed E-state index contributed by atoms with van der Waals surface area (Å²) >= 11 is 0. The first-order valence-electron chi connectivity index (χ1n) is 21.8. The summed E-state index contributed by atoms with van der Waals surface area (Å²) in [6.45, 7) is 0. The summed E-state index contributed by atoms with van der Waals surface area (Å²) in [7, 11) is 0. The van der Waals surface area contributed by atoms with Crippen molar-refractivity contribution >= 4 is 72.1 Å². The molecule has 0 saturated heterocycles. The molecule has 0 bridgehead atoms. The van der Waals surface area contributed by atoms with Gasteiger partial charge in [-0.25, -0.2) is 0 Å². The molecule has 63 heavy (non-hydrogen) atoms. The van der Waals surface area contributed by atoms with Crippen LogP contribution in [0.1, 0.15) is 18.4 Å². The number of hydrogen-bond donors (Lipinski definition) is 0. The van der Waals surface area contributed by atoms with Gasteiger partial charge in [0.15, 0.2) is 0 Å². The number of nitrogens with zero attached hydrogens (tertiary/aromatic N) is 2. The number of rotatable bonds is 8. The van der Waals surface area contributed by atoms with Crippen LogP contribution in [0.25, 0.3) is 88.4 Å². The Labute approximate surface area is 366 Å². The number of allylic oxidation sites excluding steroid dienone is 4. The van der Waals surface area contributed by atoms with E-state index in [0.717, 1.165) is 68.5 Å². The minimum Gasteiger partial charge on any atom is -0.455 e. The molecule has 298 valence electrons. The summed E-state index contributed by atoms with van der Waals surface area (Å²) in [5.41, 5.74) is 18.0. The van der Waals surface area contributed by atoms with Crippen molar-refractivity contribution in [3.8, 4) is 33.4 Å². The molecule has 9 aromatic carbocycles. The van der Waals surface area contributed by atoms with Crippen LogP contribution in [-0.2, 0) is 0 Å². The van der Waals surface area contributed by atoms with Crippen LogP contribution in [0.2, 0.25) is 0 Å². The molecular formula is C60H42N2O. The molecule has 0 spiro atoms. The van der Waals surface area contributed by atoms with Gasteiger partial charge in [0, 0.05) is 55.3 Å². The highest BCUT2D eigenvalue weighted by Gasteiger charge is 2.23. The van der Waals surface area contributed by atoms with E-state index in [0.29, 0.717) is 0 Å². The highest BCUT2D eigenvalue weighted by molar-refractivity contribution is 6.14. The van der Waals surface area contributed by atoms with E-state index in [4.69, 9.17) is 4.42 Å². The van der Waals surface area contributed by atoms with E-state index in [2.05, 4.69) is 234 Å². The average molecular weight is 807 g/mol. The molecule has 1 aliphatic rings. The number of benzene rings is 9. The van der Waals surface area contributed by atoms with Crippen molar-refractivity contribution in [3.63, 3.8) is 0 Å². The van der Waals surface area contributed by atoms with E-state index in [1.807, 2.05) is 6.07 Å². The van der Waals surface area contributed by atoms with Crippen molar-refractivity contribution in [2.24, 2.45) is 0 Å². The molecule has 12 rings (SSSR count). The first-order valence-corrected chi connectivity index (χ1v) is 21.8. The van der Waals surface area contributed by atoms with Gasteiger partial charge >= 0.3 is 0 Å². The van der Waals surface area contributed by atoms with Crippen LogP contribution < -0.4 is 4.90 Å². The normalized spacial score (nSPS) is 12.8. The lowest BCUT2D eigenvalue weighted by molar-refractivity contribution is 0.670. The highest BCUT2D eigenvalue weighted by Crippen LogP contribution is 2.46. The predicted octanol–water partition coefficient (Wildman–Crippen LogP) is 16.9. The zero-order chi connectivity index (χ0) is 41.7. The lowest BCUT2D eigenvalue weighted by Gasteiger charge is -2.29. The van der Waals surface area contributed by atoms with Crippen LogP contribution in [0.4, 0.5) is 17.1 Å². The molecule has 3 nitrogen and oxygen atoms in total. The maximum atomic E-state index is 6.65. The molecule has 0 aliphatic heterocycles. The first-order chi connectivity index (χ1) is 31.3. The molecular weight excluding hydrogens is 765 g/mol. The Morgan fingerprint density at radius 2 is 0.952 bits per heavy atom. The van der Waals surface area contributed by atoms with Gasteiger partial charge in [0.25, 0.3) is 0 Å². The lowest BCUT2D eigenvalue weighted by atomic mass is 9.95. The minimum atomic E-state index is 0.890. The van der Waals surface area contributed by atoms with E-state index in [1.165, 1.54) is 55.3 Å². The zero-order valence-electron chi connectivity index (χ0n) is 34.7. The van der Waals surface area contributed by atoms with Gasteiger partial charge in [-0.3, -0.25) is 0 Å². The third-order valence-electron chi connectivity index (χ3n) is 12.6. The molecule has 0 radical (unpaired) electrons. The van der Waals surface area contributed by atoms with Gasteiger partial charge in [-0.15, -0.1) is 0 Å². The van der Waals surface area contributed by atoms with Crippen molar-refractivity contribution in [1.29, 1.82) is 0 Å². The molecule has 11 aromatic rings. The fraction of sp³-hybridized carbons (Fsp3) is 0.0333. The fourth-order valence-electron chi connectivity index (χ4n) is 9.73. The summed E-state index contributed by atoms with van der Waals surface area (Å²) < 4.78 is 9.12. The summed E-state index contributed by atoms with van der Waals surface area (Å²) in [5.74, 6) is 0. The van der Waals surface area contributed by atoms with Crippen LogP contribution >= 0.6 is 0 Å². The van der Waals surface area contributed by atoms with Gasteiger partial charge in [0.1, 0.15) is 11.2 Å². The SMILES string of the molecule is C1=C(c2ccc(N(c3cccc(-c4cccc(-c5ccccc5)c4)c3)c3ccccc3-c3cccc4c3oc3ccccc34)cc2)C(n2c3ccccc3c3ccccc32)=CCC1. The smallest absolute Gasteiger partial charge is 0.143 e. The van der Waals surface area contributed by atoms with Crippen LogP contribution in [0.5, 0.6) is 0 Å². The second-order valence-corrected chi connectivity index (χ2v) is 16.3. The van der Waals surface area contributed by atoms with E-state index in [1.54, 1.807) is 0 Å². The number of hydrogen-bond acceptors (Lipinski definition) is 2. The van der Waals surface area contributed by atoms with E-state index < -0.39 is 0 Å². The van der Waals surface area contributed by atoms with Crippen molar-refractivity contribution < 1.29 is 4.42 Å². The van der Waals surface area contributed by atoms with Crippen LogP contribution in [0.3, 0.4) is 0 Å². The Hall–Kier alpha value is -8.14. The third kappa shape index (κ3) is 6.36. The molecule has 2 aromatic heterocycles. The van der Waals surface area contributed by atoms with Gasteiger partial charge in [0.2, 0.25) is 0 Å². The van der Waals surface area contributed by atoms with E-state index >= 15 is 0 Å². The Kier molecular flexibility index (Phi) is 8.97. The molecule has 0 atom stereocenters. The summed E-state index contributed by atoms with van der Waals surface area (Å²) in [6, 6.07) is 78.7. The highest BCUT2D eigenvalue weighted by atomic mass is 16.3. The second kappa shape index (κ2) is 15.4. The van der Waals surface area contributed by atoms with Gasteiger partial charge in [-0.05, 0) is 95.3 Å². The molecule has 0 unspecified atom stereocenters. The Morgan fingerprint density at radius 1 is 0.381 bits per heavy atom. The number of para-hydroxylation sites is 5. The molecule has 0 amide bonds. The predicted molar refractivity (Wildman–Crippen MR) is 266 cm³/mol. The second-order valence-electron chi connectivity index (χ2n) is 16.3. The van der Waals surface area contributed by atoms with E-state index in [9.17, 15) is 0 Å². The maximum Gasteiger partial charge on any atom is 0.143 e. The van der Waals surface area contributed by atoms with Crippen molar-refractivity contribution in [1.82, 2.24) is 4.57 Å². The minimum absolute atomic E-state index is 0.890. The van der Waals surface area contributed by atoms with Crippen molar-refractivity contribution in [2.45, 2.75) is 12.8 Å². The van der Waals surface area contributed by atoms with Crippen LogP contribution in [0, 0.1) is 0 Å². The summed E-state index contributed by atoms with van der Waals surface area (Å²) in [6.07, 6.45) is 6.84. The average Bonchev–Trinajstić information content (AvgIpc) is 3.91. The number of fused-ring (bicyclic) bond motifs is 6. The standard InChI is InChI=1S/C60H42N2O/c1-2-17-41(18-3-1)43-19-14-20-44(39-43)45-21-15-22-47(40-45)61(56-31-10-7-26-51(56)53-28-16-29-54-52-27-8-13-34-59(52)63-60(53)54)46-37-35-42(36-38-46)48-23-4-9-30-55(48)62-57-32-11-5-24-49(57)50-25-6-12-33-58(50)62/h1-3,5-8,10-40H,4,9H2. The summed E-state index contributed by atoms with van der Waals surface area (Å²) in [5, 5.41) is 4.78. The molecule has 2 heterocycles. The maximum absolute atomic E-state index is 6.65. The van der Waals surface area contributed by atoms with Gasteiger partial charge in [-0.2, -0.15) is 0 Å². The van der Waals surface area contributed by atoms with Crippen LogP contribution in [-0.4, -0.2) is 4.57 Å². The van der Waals surface area contributed by atoms with Crippen LogP contribution in [0.15, 0.2) is 235 Å². The molecule has 1 aliphatic carbocycles. The molecule has 0 fully saturated rings. The first kappa shape index (κ1) is 36.7. The number of aromatic nitrogens is 1. The topological polar surface area (TPSA) is 21.3 Å². The zero-order valence-corrected chi connectivity index (χ0v) is 34.7. The van der Waals surface area contributed by atoms with Gasteiger partial charge in [-0.1, -0.05) is 176 Å².